The van der Waals surface area contributed by atoms with E-state index in [1.54, 1.807) is 6.20 Å². The summed E-state index contributed by atoms with van der Waals surface area (Å²) in [7, 11) is 0. The van der Waals surface area contributed by atoms with Crippen LogP contribution in [0.1, 0.15) is 20.3 Å². The van der Waals surface area contributed by atoms with Crippen molar-refractivity contribution in [2.75, 3.05) is 18.0 Å². The van der Waals surface area contributed by atoms with Crippen molar-refractivity contribution in [3.8, 4) is 17.1 Å². The zero-order valence-electron chi connectivity index (χ0n) is 19.4. The third kappa shape index (κ3) is 4.22. The Labute approximate surface area is 213 Å². The van der Waals surface area contributed by atoms with E-state index in [1.807, 2.05) is 71.8 Å². The number of primary amides is 1. The van der Waals surface area contributed by atoms with Gasteiger partial charge in [-0.3, -0.25) is 14.7 Å². The van der Waals surface area contributed by atoms with Gasteiger partial charge in [-0.25, -0.2) is 4.98 Å². The summed E-state index contributed by atoms with van der Waals surface area (Å²) in [5.41, 5.74) is 8.05. The number of rotatable bonds is 6. The second kappa shape index (κ2) is 9.11. The molecule has 8 nitrogen and oxygen atoms in total. The van der Waals surface area contributed by atoms with E-state index in [4.69, 9.17) is 33.9 Å². The largest absolute Gasteiger partial charge is 0.368 e. The van der Waals surface area contributed by atoms with Crippen LogP contribution in [0.15, 0.2) is 54.7 Å². The maximum absolute atomic E-state index is 12.4. The molecule has 3 heterocycles. The Balaban J connectivity index is 1.69. The fourth-order valence-electron chi connectivity index (χ4n) is 4.72. The van der Waals surface area contributed by atoms with Gasteiger partial charge in [0.1, 0.15) is 16.9 Å². The summed E-state index contributed by atoms with van der Waals surface area (Å²) in [5, 5.41) is 13.3. The number of hydrogen-bond donors (Lipinski definition) is 2. The van der Waals surface area contributed by atoms with Crippen LogP contribution in [0, 0.1) is 0 Å². The van der Waals surface area contributed by atoms with Gasteiger partial charge in [-0.05, 0) is 56.7 Å². The zero-order valence-corrected chi connectivity index (χ0v) is 20.9. The minimum absolute atomic E-state index is 0.0975. The molecule has 5 rings (SSSR count). The molecule has 1 amide bonds. The van der Waals surface area contributed by atoms with Gasteiger partial charge in [-0.2, -0.15) is 5.10 Å². The van der Waals surface area contributed by atoms with E-state index in [9.17, 15) is 4.79 Å². The van der Waals surface area contributed by atoms with E-state index >= 15 is 0 Å². The molecular weight excluding hydrogens is 485 g/mol. The first-order valence-electron chi connectivity index (χ1n) is 11.4. The summed E-state index contributed by atoms with van der Waals surface area (Å²) in [6, 6.07) is 15.2. The average Bonchev–Trinajstić information content (AvgIpc) is 3.42. The average molecular weight is 510 g/mol. The van der Waals surface area contributed by atoms with E-state index in [1.165, 1.54) is 0 Å². The number of halogens is 2. The van der Waals surface area contributed by atoms with Crippen LogP contribution in [0.25, 0.3) is 28.1 Å². The van der Waals surface area contributed by atoms with Crippen molar-refractivity contribution in [2.24, 2.45) is 5.73 Å². The normalized spacial score (nSPS) is 18.0. The van der Waals surface area contributed by atoms with E-state index in [0.717, 1.165) is 16.8 Å². The van der Waals surface area contributed by atoms with Gasteiger partial charge in [-0.1, -0.05) is 35.3 Å². The molecule has 1 unspecified atom stereocenters. The van der Waals surface area contributed by atoms with Gasteiger partial charge in [0.2, 0.25) is 5.91 Å². The molecule has 1 fully saturated rings. The van der Waals surface area contributed by atoms with Crippen molar-refractivity contribution in [1.29, 1.82) is 0 Å². The smallest absolute Gasteiger partial charge is 0.239 e. The lowest BCUT2D eigenvalue weighted by Crippen LogP contribution is -2.59. The zero-order chi connectivity index (χ0) is 24.7. The lowest BCUT2D eigenvalue weighted by atomic mass is 9.96. The predicted molar refractivity (Wildman–Crippen MR) is 139 cm³/mol. The topological polar surface area (TPSA) is 102 Å². The van der Waals surface area contributed by atoms with Crippen LogP contribution in [0.4, 0.5) is 5.82 Å². The van der Waals surface area contributed by atoms with Crippen LogP contribution in [-0.4, -0.2) is 50.3 Å². The van der Waals surface area contributed by atoms with Crippen LogP contribution in [0.2, 0.25) is 10.0 Å². The highest BCUT2D eigenvalue weighted by molar-refractivity contribution is 6.33. The number of carbonyl (C=O) groups excluding carboxylic acids is 1. The Morgan fingerprint density at radius 2 is 1.89 bits per heavy atom. The van der Waals surface area contributed by atoms with Gasteiger partial charge in [0, 0.05) is 35.4 Å². The summed E-state index contributed by atoms with van der Waals surface area (Å²) >= 11 is 12.7. The quantitative estimate of drug-likeness (QED) is 0.403. The first-order valence-corrected chi connectivity index (χ1v) is 12.1. The van der Waals surface area contributed by atoms with E-state index < -0.39 is 5.54 Å². The van der Waals surface area contributed by atoms with Crippen molar-refractivity contribution >= 4 is 46.0 Å². The molecule has 1 saturated heterocycles. The first-order chi connectivity index (χ1) is 16.8. The molecule has 180 valence electrons. The summed E-state index contributed by atoms with van der Waals surface area (Å²) in [6.45, 7) is 4.96. The number of carbonyl (C=O) groups is 1. The summed E-state index contributed by atoms with van der Waals surface area (Å²) < 4.78 is 1.99. The Morgan fingerprint density at radius 1 is 1.14 bits per heavy atom. The molecule has 0 saturated carbocycles. The van der Waals surface area contributed by atoms with Crippen LogP contribution < -0.4 is 16.0 Å². The van der Waals surface area contributed by atoms with Crippen LogP contribution >= 0.6 is 23.2 Å². The Bertz CT molecular complexity index is 1400. The third-order valence-electron chi connectivity index (χ3n) is 6.26. The number of nitrogens with two attached hydrogens (primary N) is 1. The molecule has 3 N–H and O–H groups in total. The number of hydrogen-bond acceptors (Lipinski definition) is 6. The molecule has 0 aliphatic carbocycles. The molecule has 1 aliphatic heterocycles. The molecule has 1 atom stereocenters. The molecule has 4 aromatic rings. The summed E-state index contributed by atoms with van der Waals surface area (Å²) in [6.07, 6.45) is 2.25. The number of benzene rings is 2. The number of aromatic nitrogens is 4. The molecule has 35 heavy (non-hydrogen) atoms. The summed E-state index contributed by atoms with van der Waals surface area (Å²) in [5.74, 6) is 0.874. The standard InChI is InChI=1S/C25H25Cl2N7O/c1-15(2)31-25(24(28)35)11-12-33(14-25)23-21-20(13-29-32-23)34(17-9-7-16(26)8-10-17)22(30-21)18-5-3-4-6-19(18)27/h3-10,13,15,31H,11-12,14H2,1-2H3,(H2,28,35). The molecular formula is C25H25Cl2N7O. The molecule has 0 bridgehead atoms. The number of fused-ring (bicyclic) bond motifs is 1. The highest BCUT2D eigenvalue weighted by atomic mass is 35.5. The van der Waals surface area contributed by atoms with Gasteiger partial charge in [0.25, 0.3) is 0 Å². The maximum atomic E-state index is 12.4. The van der Waals surface area contributed by atoms with Crippen molar-refractivity contribution in [1.82, 2.24) is 25.1 Å². The van der Waals surface area contributed by atoms with Crippen molar-refractivity contribution in [3.63, 3.8) is 0 Å². The van der Waals surface area contributed by atoms with E-state index in [2.05, 4.69) is 15.5 Å². The number of imidazole rings is 1. The molecule has 10 heteroatoms. The minimum Gasteiger partial charge on any atom is -0.368 e. The van der Waals surface area contributed by atoms with E-state index in [-0.39, 0.29) is 11.9 Å². The number of nitrogens with zero attached hydrogens (tertiary/aromatic N) is 5. The first kappa shape index (κ1) is 23.5. The second-order valence-corrected chi connectivity index (χ2v) is 9.89. The lowest BCUT2D eigenvalue weighted by molar-refractivity contribution is -0.123. The minimum atomic E-state index is -0.845. The molecule has 1 aliphatic rings. The molecule has 2 aromatic carbocycles. The van der Waals surface area contributed by atoms with Gasteiger partial charge in [0.05, 0.1) is 16.7 Å². The fourth-order valence-corrected chi connectivity index (χ4v) is 5.07. The van der Waals surface area contributed by atoms with Crippen LogP contribution in [0.5, 0.6) is 0 Å². The van der Waals surface area contributed by atoms with Gasteiger partial charge < -0.3 is 10.6 Å². The maximum Gasteiger partial charge on any atom is 0.239 e. The Hall–Kier alpha value is -3.20. The highest BCUT2D eigenvalue weighted by Gasteiger charge is 2.44. The lowest BCUT2D eigenvalue weighted by Gasteiger charge is -2.29. The van der Waals surface area contributed by atoms with Gasteiger partial charge >= 0.3 is 0 Å². The van der Waals surface area contributed by atoms with Crippen LogP contribution in [0.3, 0.4) is 0 Å². The van der Waals surface area contributed by atoms with Crippen molar-refractivity contribution in [3.05, 3.63) is 64.8 Å². The monoisotopic (exact) mass is 509 g/mol. The second-order valence-electron chi connectivity index (χ2n) is 9.05. The molecule has 2 aromatic heterocycles. The van der Waals surface area contributed by atoms with E-state index in [0.29, 0.717) is 46.7 Å². The molecule has 0 radical (unpaired) electrons. The SMILES string of the molecule is CC(C)NC1(C(N)=O)CCN(c2nncc3c2nc(-c2ccccc2Cl)n3-c2ccc(Cl)cc2)C1. The fraction of sp³-hybridized carbons (Fsp3) is 0.280. The Morgan fingerprint density at radius 3 is 2.57 bits per heavy atom. The van der Waals surface area contributed by atoms with Crippen molar-refractivity contribution in [2.45, 2.75) is 31.8 Å². The van der Waals surface area contributed by atoms with Gasteiger partial charge in [0.15, 0.2) is 5.82 Å². The Kier molecular flexibility index (Phi) is 6.13. The van der Waals surface area contributed by atoms with Crippen LogP contribution in [-0.2, 0) is 4.79 Å². The molecule has 0 spiro atoms. The number of nitrogens with one attached hydrogen (secondary N) is 1. The third-order valence-corrected chi connectivity index (χ3v) is 6.84. The predicted octanol–water partition coefficient (Wildman–Crippen LogP) is 4.22. The van der Waals surface area contributed by atoms with Gasteiger partial charge in [-0.15, -0.1) is 5.10 Å². The number of amides is 1. The highest BCUT2D eigenvalue weighted by Crippen LogP contribution is 2.36. The number of anilines is 1. The summed E-state index contributed by atoms with van der Waals surface area (Å²) in [4.78, 5) is 19.5. The van der Waals surface area contributed by atoms with Crippen molar-refractivity contribution < 1.29 is 4.79 Å².